The van der Waals surface area contributed by atoms with Crippen LogP contribution in [0.25, 0.3) is 11.1 Å². The lowest BCUT2D eigenvalue weighted by atomic mass is 9.98. The number of carbonyl (C=O) groups is 2. The molecule has 0 aliphatic rings. The Morgan fingerprint density at radius 1 is 1.16 bits per heavy atom. The highest BCUT2D eigenvalue weighted by Gasteiger charge is 2.17. The molecule has 0 spiro atoms. The fourth-order valence-corrected chi connectivity index (χ4v) is 2.49. The Kier molecular flexibility index (Phi) is 8.04. The number of carbonyl (C=O) groups excluding carboxylic acids is 1. The number of halogens is 2. The van der Waals surface area contributed by atoms with Crippen LogP contribution < -0.4 is 11.1 Å². The second-order valence-corrected chi connectivity index (χ2v) is 5.45. The summed E-state index contributed by atoms with van der Waals surface area (Å²) >= 11 is 0. The first-order valence-corrected chi connectivity index (χ1v) is 7.54. The molecule has 0 bridgehead atoms. The summed E-state index contributed by atoms with van der Waals surface area (Å²) in [5.41, 5.74) is 7.08. The number of carboxylic acids is 1. The molecule has 0 aromatic heterocycles. The van der Waals surface area contributed by atoms with E-state index in [1.165, 1.54) is 6.07 Å². The Morgan fingerprint density at radius 3 is 2.40 bits per heavy atom. The van der Waals surface area contributed by atoms with Crippen molar-refractivity contribution in [2.75, 3.05) is 6.54 Å². The maximum Gasteiger partial charge on any atom is 0.305 e. The van der Waals surface area contributed by atoms with Crippen molar-refractivity contribution in [3.8, 4) is 11.1 Å². The van der Waals surface area contributed by atoms with Crippen molar-refractivity contribution >= 4 is 24.3 Å². The minimum atomic E-state index is -1.04. The Hall–Kier alpha value is -2.44. The van der Waals surface area contributed by atoms with Gasteiger partial charge < -0.3 is 16.2 Å². The lowest BCUT2D eigenvalue weighted by Crippen LogP contribution is -2.41. The number of nitrogens with two attached hydrogens (primary N) is 1. The standard InChI is InChI=1S/C18H19FN2O3.ClH/c19-16-9-12(6-7-15(16)13-4-2-1-3-5-13)8-14(10-18(23)24)21-17(22)11-20;/h1-7,9,14H,8,10-11,20H2,(H,21,22)(H,23,24);1H. The van der Waals surface area contributed by atoms with E-state index in [0.29, 0.717) is 11.1 Å². The number of aliphatic carboxylic acids is 1. The first-order valence-electron chi connectivity index (χ1n) is 7.54. The number of hydrogen-bond acceptors (Lipinski definition) is 3. The maximum atomic E-state index is 14.4. The second-order valence-electron chi connectivity index (χ2n) is 5.45. The normalized spacial score (nSPS) is 11.3. The van der Waals surface area contributed by atoms with Gasteiger partial charge in [-0.2, -0.15) is 0 Å². The van der Waals surface area contributed by atoms with E-state index in [4.69, 9.17) is 10.8 Å². The molecule has 134 valence electrons. The summed E-state index contributed by atoms with van der Waals surface area (Å²) < 4.78 is 14.4. The van der Waals surface area contributed by atoms with Gasteiger partial charge in [-0.25, -0.2) is 4.39 Å². The summed E-state index contributed by atoms with van der Waals surface area (Å²) in [6.45, 7) is -0.225. The van der Waals surface area contributed by atoms with Gasteiger partial charge in [-0.05, 0) is 23.6 Å². The molecule has 0 radical (unpaired) electrons. The summed E-state index contributed by atoms with van der Waals surface area (Å²) in [5.74, 6) is -1.88. The van der Waals surface area contributed by atoms with Crippen LogP contribution in [0.1, 0.15) is 12.0 Å². The van der Waals surface area contributed by atoms with E-state index in [9.17, 15) is 14.0 Å². The predicted octanol–water partition coefficient (Wildman–Crippen LogP) is 2.38. The third-order valence-corrected chi connectivity index (χ3v) is 3.57. The lowest BCUT2D eigenvalue weighted by molar-refractivity contribution is -0.137. The van der Waals surface area contributed by atoms with Gasteiger partial charge in [-0.15, -0.1) is 12.4 Å². The molecule has 0 fully saturated rings. The van der Waals surface area contributed by atoms with Crippen LogP contribution in [0.2, 0.25) is 0 Å². The summed E-state index contributed by atoms with van der Waals surface area (Å²) in [6.07, 6.45) is -0.0438. The van der Waals surface area contributed by atoms with Crippen LogP contribution in [-0.4, -0.2) is 29.6 Å². The second kappa shape index (κ2) is 9.76. The Morgan fingerprint density at radius 2 is 1.84 bits per heavy atom. The van der Waals surface area contributed by atoms with Crippen molar-refractivity contribution in [1.29, 1.82) is 0 Å². The summed E-state index contributed by atoms with van der Waals surface area (Å²) in [5, 5.41) is 11.5. The van der Waals surface area contributed by atoms with Crippen molar-refractivity contribution in [3.63, 3.8) is 0 Å². The molecule has 5 nitrogen and oxygen atoms in total. The molecule has 0 heterocycles. The van der Waals surface area contributed by atoms with Gasteiger partial charge in [-0.1, -0.05) is 42.5 Å². The average molecular weight is 367 g/mol. The van der Waals surface area contributed by atoms with E-state index >= 15 is 0 Å². The molecule has 25 heavy (non-hydrogen) atoms. The summed E-state index contributed by atoms with van der Waals surface area (Å²) in [4.78, 5) is 22.3. The highest BCUT2D eigenvalue weighted by Crippen LogP contribution is 2.24. The van der Waals surface area contributed by atoms with Crippen molar-refractivity contribution in [2.45, 2.75) is 18.9 Å². The zero-order valence-electron chi connectivity index (χ0n) is 13.4. The number of rotatable bonds is 7. The minimum Gasteiger partial charge on any atom is -0.481 e. The molecule has 0 saturated carbocycles. The first-order chi connectivity index (χ1) is 11.5. The van der Waals surface area contributed by atoms with Crippen LogP contribution in [0.15, 0.2) is 48.5 Å². The summed E-state index contributed by atoms with van der Waals surface area (Å²) in [6, 6.07) is 13.2. The monoisotopic (exact) mass is 366 g/mol. The zero-order chi connectivity index (χ0) is 17.5. The van der Waals surface area contributed by atoms with E-state index < -0.39 is 23.7 Å². The van der Waals surface area contributed by atoms with Crippen LogP contribution in [0.5, 0.6) is 0 Å². The zero-order valence-corrected chi connectivity index (χ0v) is 14.3. The number of amides is 1. The van der Waals surface area contributed by atoms with Gasteiger partial charge in [0.2, 0.25) is 5.91 Å². The van der Waals surface area contributed by atoms with Crippen molar-refractivity contribution in [1.82, 2.24) is 5.32 Å². The quantitative estimate of drug-likeness (QED) is 0.701. The van der Waals surface area contributed by atoms with Gasteiger partial charge in [0.15, 0.2) is 0 Å². The smallest absolute Gasteiger partial charge is 0.305 e. The third-order valence-electron chi connectivity index (χ3n) is 3.57. The summed E-state index contributed by atoms with van der Waals surface area (Å²) in [7, 11) is 0. The Balaban J connectivity index is 0.00000312. The van der Waals surface area contributed by atoms with E-state index in [-0.39, 0.29) is 31.8 Å². The molecule has 2 aromatic rings. The fourth-order valence-electron chi connectivity index (χ4n) is 2.49. The van der Waals surface area contributed by atoms with Crippen LogP contribution in [0.3, 0.4) is 0 Å². The Labute approximate surface area is 151 Å². The van der Waals surface area contributed by atoms with Crippen molar-refractivity contribution in [2.24, 2.45) is 5.73 Å². The molecule has 2 rings (SSSR count). The van der Waals surface area contributed by atoms with E-state index in [1.807, 2.05) is 30.3 Å². The fraction of sp³-hybridized carbons (Fsp3) is 0.222. The number of nitrogens with one attached hydrogen (secondary N) is 1. The SMILES string of the molecule is Cl.NCC(=O)NC(CC(=O)O)Cc1ccc(-c2ccccc2)c(F)c1. The van der Waals surface area contributed by atoms with Gasteiger partial charge in [0.25, 0.3) is 0 Å². The van der Waals surface area contributed by atoms with Gasteiger partial charge in [-0.3, -0.25) is 9.59 Å². The average Bonchev–Trinajstić information content (AvgIpc) is 2.55. The number of hydrogen-bond donors (Lipinski definition) is 3. The molecular formula is C18H20ClFN2O3. The molecule has 0 aliphatic carbocycles. The predicted molar refractivity (Wildman–Crippen MR) is 96.0 cm³/mol. The molecule has 1 amide bonds. The molecular weight excluding hydrogens is 347 g/mol. The molecule has 1 unspecified atom stereocenters. The molecule has 0 saturated heterocycles. The van der Waals surface area contributed by atoms with Gasteiger partial charge >= 0.3 is 5.97 Å². The number of carboxylic acid groups (broad SMARTS) is 1. The van der Waals surface area contributed by atoms with Crippen LogP contribution in [0.4, 0.5) is 4.39 Å². The molecule has 0 aliphatic heterocycles. The van der Waals surface area contributed by atoms with E-state index in [2.05, 4.69) is 5.32 Å². The molecule has 2 aromatic carbocycles. The van der Waals surface area contributed by atoms with Crippen molar-refractivity contribution in [3.05, 3.63) is 59.9 Å². The van der Waals surface area contributed by atoms with Gasteiger partial charge in [0.05, 0.1) is 13.0 Å². The maximum absolute atomic E-state index is 14.4. The number of benzene rings is 2. The van der Waals surface area contributed by atoms with Gasteiger partial charge in [0, 0.05) is 11.6 Å². The van der Waals surface area contributed by atoms with Crippen LogP contribution >= 0.6 is 12.4 Å². The Bertz CT molecular complexity index is 726. The highest BCUT2D eigenvalue weighted by atomic mass is 35.5. The molecule has 1 atom stereocenters. The van der Waals surface area contributed by atoms with E-state index in [1.54, 1.807) is 12.1 Å². The first kappa shape index (κ1) is 20.6. The molecule has 4 N–H and O–H groups in total. The van der Waals surface area contributed by atoms with Gasteiger partial charge in [0.1, 0.15) is 5.82 Å². The third kappa shape index (κ3) is 6.17. The van der Waals surface area contributed by atoms with E-state index in [0.717, 1.165) is 5.56 Å². The topological polar surface area (TPSA) is 92.4 Å². The largest absolute Gasteiger partial charge is 0.481 e. The molecule has 7 heteroatoms. The minimum absolute atomic E-state index is 0. The van der Waals surface area contributed by atoms with Crippen molar-refractivity contribution < 1.29 is 19.1 Å². The van der Waals surface area contributed by atoms with Crippen LogP contribution in [0, 0.1) is 5.82 Å². The highest BCUT2D eigenvalue weighted by molar-refractivity contribution is 5.85. The lowest BCUT2D eigenvalue weighted by Gasteiger charge is -2.17. The van der Waals surface area contributed by atoms with Crippen LogP contribution in [-0.2, 0) is 16.0 Å².